The van der Waals surface area contributed by atoms with Crippen LogP contribution >= 0.6 is 11.3 Å². The second-order valence-electron chi connectivity index (χ2n) is 9.27. The van der Waals surface area contributed by atoms with Gasteiger partial charge in [0.05, 0.1) is 22.5 Å². The van der Waals surface area contributed by atoms with E-state index in [4.69, 9.17) is 4.74 Å². The first-order valence-corrected chi connectivity index (χ1v) is 13.5. The van der Waals surface area contributed by atoms with Gasteiger partial charge in [-0.1, -0.05) is 18.2 Å². The number of non-ortho nitro benzene ring substituents is 1. The van der Waals surface area contributed by atoms with Gasteiger partial charge in [-0.15, -0.1) is 11.3 Å². The minimum Gasteiger partial charge on any atom is -0.458 e. The van der Waals surface area contributed by atoms with Crippen LogP contribution in [0.15, 0.2) is 95.7 Å². The lowest BCUT2D eigenvalue weighted by Gasteiger charge is -2.31. The monoisotopic (exact) mass is 553 g/mol. The molecule has 4 aromatic rings. The number of dihydropyridines is 1. The van der Waals surface area contributed by atoms with Crippen LogP contribution in [0.3, 0.4) is 0 Å². The molecule has 0 saturated heterocycles. The van der Waals surface area contributed by atoms with Crippen molar-refractivity contribution in [2.45, 2.75) is 26.2 Å². The highest BCUT2D eigenvalue weighted by molar-refractivity contribution is 7.11. The van der Waals surface area contributed by atoms with Crippen molar-refractivity contribution in [1.82, 2.24) is 20.3 Å². The molecule has 0 fully saturated rings. The highest BCUT2D eigenvalue weighted by Crippen LogP contribution is 2.43. The van der Waals surface area contributed by atoms with Crippen LogP contribution in [0.2, 0.25) is 0 Å². The average molecular weight is 554 g/mol. The summed E-state index contributed by atoms with van der Waals surface area (Å²) in [5.41, 5.74) is 5.99. The molecular weight excluding hydrogens is 526 g/mol. The summed E-state index contributed by atoms with van der Waals surface area (Å²) in [5.74, 6) is -1.11. The number of hydrogen-bond acceptors (Lipinski definition) is 8. The first-order valence-electron chi connectivity index (χ1n) is 12.6. The number of carbonyl (C=O) groups is 1. The van der Waals surface area contributed by atoms with Gasteiger partial charge in [-0.05, 0) is 60.7 Å². The third-order valence-corrected chi connectivity index (χ3v) is 7.56. The van der Waals surface area contributed by atoms with E-state index in [1.807, 2.05) is 49.6 Å². The van der Waals surface area contributed by atoms with Crippen molar-refractivity contribution in [1.29, 1.82) is 0 Å². The molecule has 0 spiro atoms. The Balaban J connectivity index is 1.41. The Morgan fingerprint density at radius 1 is 1.18 bits per heavy atom. The molecule has 3 aromatic heterocycles. The van der Waals surface area contributed by atoms with Gasteiger partial charge in [-0.3, -0.25) is 15.1 Å². The average Bonchev–Trinajstić information content (AvgIpc) is 3.63. The van der Waals surface area contributed by atoms with E-state index in [9.17, 15) is 14.9 Å². The zero-order chi connectivity index (χ0) is 28.1. The molecule has 0 saturated carbocycles. The SMILES string of the molecule is CC1=C(C(=O)OCC=Cc2sccc2Cc2cnc[nH]2)C(c2cccc([N+](=O)[O-])c2)C(c2ccccn2)=C(C)N1. The van der Waals surface area contributed by atoms with Gasteiger partial charge in [0.25, 0.3) is 5.69 Å². The summed E-state index contributed by atoms with van der Waals surface area (Å²) in [5, 5.41) is 16.9. The molecule has 1 unspecified atom stereocenters. The van der Waals surface area contributed by atoms with Crippen LogP contribution < -0.4 is 5.32 Å². The highest BCUT2D eigenvalue weighted by atomic mass is 32.1. The Bertz CT molecular complexity index is 1620. The van der Waals surface area contributed by atoms with Gasteiger partial charge in [-0.2, -0.15) is 0 Å². The van der Waals surface area contributed by atoms with E-state index in [-0.39, 0.29) is 12.3 Å². The smallest absolute Gasteiger partial charge is 0.337 e. The molecule has 0 amide bonds. The Morgan fingerprint density at radius 3 is 2.80 bits per heavy atom. The number of nitro benzene ring substituents is 1. The fourth-order valence-corrected chi connectivity index (χ4v) is 5.71. The van der Waals surface area contributed by atoms with Crippen molar-refractivity contribution in [3.63, 3.8) is 0 Å². The summed E-state index contributed by atoms with van der Waals surface area (Å²) in [6, 6.07) is 14.0. The number of imidazole rings is 1. The quantitative estimate of drug-likeness (QED) is 0.148. The van der Waals surface area contributed by atoms with E-state index in [1.54, 1.807) is 42.2 Å². The number of esters is 1. The number of nitrogens with zero attached hydrogens (tertiary/aromatic N) is 3. The Hall–Kier alpha value is -4.83. The maximum Gasteiger partial charge on any atom is 0.337 e. The molecular formula is C30H27N5O4S. The molecule has 0 bridgehead atoms. The van der Waals surface area contributed by atoms with Crippen LogP contribution in [0.25, 0.3) is 11.6 Å². The zero-order valence-electron chi connectivity index (χ0n) is 22.0. The second-order valence-corrected chi connectivity index (χ2v) is 10.2. The van der Waals surface area contributed by atoms with Crippen LogP contribution in [0.4, 0.5) is 5.69 Å². The standard InChI is InChI=1S/C30H27N5O4S/c1-19-27(25-9-3-4-12-32-25)29(22-7-5-8-24(16-22)35(37)38)28(20(2)34-19)30(36)39-13-6-10-26-21(11-14-40-26)15-23-17-31-18-33-23/h3-12,14,16-18,29,34H,13,15H2,1-2H3,(H,31,33). The van der Waals surface area contributed by atoms with Crippen LogP contribution in [-0.4, -0.2) is 32.5 Å². The maximum atomic E-state index is 13.6. The lowest BCUT2D eigenvalue weighted by molar-refractivity contribution is -0.384. The molecule has 4 heterocycles. The van der Waals surface area contributed by atoms with Gasteiger partial charge in [-0.25, -0.2) is 9.78 Å². The second kappa shape index (κ2) is 11.9. The molecule has 10 heteroatoms. The van der Waals surface area contributed by atoms with Gasteiger partial charge in [0.2, 0.25) is 0 Å². The van der Waals surface area contributed by atoms with E-state index < -0.39 is 16.8 Å². The number of H-pyrrole nitrogens is 1. The number of carbonyl (C=O) groups excluding carboxylic acids is 1. The van der Waals surface area contributed by atoms with Crippen LogP contribution in [0, 0.1) is 10.1 Å². The fraction of sp³-hybridized carbons (Fsp3) is 0.167. The van der Waals surface area contributed by atoms with Gasteiger partial charge in [0.1, 0.15) is 6.61 Å². The number of aromatic amines is 1. The number of thiophene rings is 1. The normalized spacial score (nSPS) is 15.4. The van der Waals surface area contributed by atoms with Crippen molar-refractivity contribution in [2.24, 2.45) is 0 Å². The van der Waals surface area contributed by atoms with E-state index in [2.05, 4.69) is 26.3 Å². The number of allylic oxidation sites excluding steroid dienone is 3. The van der Waals surface area contributed by atoms with Crippen molar-refractivity contribution in [3.05, 3.63) is 133 Å². The molecule has 1 aliphatic heterocycles. The van der Waals surface area contributed by atoms with E-state index in [0.717, 1.165) is 33.8 Å². The Labute approximate surface area is 235 Å². The van der Waals surface area contributed by atoms with Crippen LogP contribution in [0.5, 0.6) is 0 Å². The number of pyridine rings is 1. The lowest BCUT2D eigenvalue weighted by atomic mass is 9.79. The predicted octanol–water partition coefficient (Wildman–Crippen LogP) is 6.01. The predicted molar refractivity (Wildman–Crippen MR) is 154 cm³/mol. The van der Waals surface area contributed by atoms with Crippen LogP contribution in [-0.2, 0) is 16.0 Å². The first-order chi connectivity index (χ1) is 19.4. The number of nitrogens with one attached hydrogen (secondary N) is 2. The van der Waals surface area contributed by atoms with Crippen molar-refractivity contribution < 1.29 is 14.5 Å². The number of aromatic nitrogens is 3. The highest BCUT2D eigenvalue weighted by Gasteiger charge is 2.35. The van der Waals surface area contributed by atoms with E-state index in [1.165, 1.54) is 12.1 Å². The van der Waals surface area contributed by atoms with E-state index in [0.29, 0.717) is 22.5 Å². The number of hydrogen-bond donors (Lipinski definition) is 2. The third-order valence-electron chi connectivity index (χ3n) is 6.63. The first kappa shape index (κ1) is 26.8. The number of nitro groups is 1. The summed E-state index contributed by atoms with van der Waals surface area (Å²) in [4.78, 5) is 37.5. The molecule has 1 atom stereocenters. The summed E-state index contributed by atoms with van der Waals surface area (Å²) < 4.78 is 5.73. The molecule has 0 radical (unpaired) electrons. The van der Waals surface area contributed by atoms with Crippen molar-refractivity contribution in [3.8, 4) is 0 Å². The lowest BCUT2D eigenvalue weighted by Crippen LogP contribution is -2.29. The van der Waals surface area contributed by atoms with Crippen molar-refractivity contribution in [2.75, 3.05) is 6.61 Å². The topological polar surface area (TPSA) is 123 Å². The molecule has 40 heavy (non-hydrogen) atoms. The Morgan fingerprint density at radius 2 is 2.05 bits per heavy atom. The zero-order valence-corrected chi connectivity index (χ0v) is 22.8. The summed E-state index contributed by atoms with van der Waals surface area (Å²) in [6.07, 6.45) is 9.63. The fourth-order valence-electron chi connectivity index (χ4n) is 4.86. The molecule has 0 aliphatic carbocycles. The largest absolute Gasteiger partial charge is 0.458 e. The minimum atomic E-state index is -0.606. The molecule has 9 nitrogen and oxygen atoms in total. The molecule has 2 N–H and O–H groups in total. The number of benzene rings is 1. The number of ether oxygens (including phenoxy) is 1. The summed E-state index contributed by atoms with van der Waals surface area (Å²) in [7, 11) is 0. The van der Waals surface area contributed by atoms with Gasteiger partial charge < -0.3 is 15.0 Å². The molecule has 1 aromatic carbocycles. The van der Waals surface area contributed by atoms with Gasteiger partial charge in [0.15, 0.2) is 0 Å². The molecule has 1 aliphatic rings. The third kappa shape index (κ3) is 5.76. The van der Waals surface area contributed by atoms with Crippen LogP contribution in [0.1, 0.15) is 47.2 Å². The summed E-state index contributed by atoms with van der Waals surface area (Å²) in [6.45, 7) is 3.79. The molecule has 5 rings (SSSR count). The van der Waals surface area contributed by atoms with Gasteiger partial charge in [0, 0.05) is 64.4 Å². The summed E-state index contributed by atoms with van der Waals surface area (Å²) >= 11 is 1.61. The minimum absolute atomic E-state index is 0.0516. The maximum absolute atomic E-state index is 13.6. The Kier molecular flexibility index (Phi) is 7.97. The van der Waals surface area contributed by atoms with E-state index >= 15 is 0 Å². The van der Waals surface area contributed by atoms with Crippen molar-refractivity contribution >= 4 is 34.6 Å². The number of rotatable bonds is 9. The molecule has 202 valence electrons. The van der Waals surface area contributed by atoms with Gasteiger partial charge >= 0.3 is 5.97 Å².